The van der Waals surface area contributed by atoms with Crippen LogP contribution >= 0.6 is 11.3 Å². The minimum Gasteiger partial charge on any atom is -0.497 e. The summed E-state index contributed by atoms with van der Waals surface area (Å²) in [4.78, 5) is 37.4. The van der Waals surface area contributed by atoms with Crippen LogP contribution in [0.2, 0.25) is 0 Å². The number of carbonyl (C=O) groups excluding carboxylic acids is 3. The van der Waals surface area contributed by atoms with Crippen molar-refractivity contribution in [1.82, 2.24) is 9.78 Å². The highest BCUT2D eigenvalue weighted by atomic mass is 32.1. The van der Waals surface area contributed by atoms with Crippen LogP contribution in [0.3, 0.4) is 0 Å². The lowest BCUT2D eigenvalue weighted by atomic mass is 10.1. The van der Waals surface area contributed by atoms with Crippen molar-refractivity contribution in [2.24, 2.45) is 0 Å². The van der Waals surface area contributed by atoms with E-state index in [0.29, 0.717) is 21.9 Å². The highest BCUT2D eigenvalue weighted by Gasteiger charge is 2.26. The van der Waals surface area contributed by atoms with E-state index >= 15 is 0 Å². The van der Waals surface area contributed by atoms with Gasteiger partial charge in [0.25, 0.3) is 5.91 Å². The number of nitrogens with one attached hydrogen (secondary N) is 1. The molecule has 1 N–H and O–H groups in total. The molecule has 0 radical (unpaired) electrons. The standard InChI is InChI=1S/C22H23N3O6S/c1-5-30-22(28)18-13(2)19(14(3)26)32-21(18)23-20(27)17-10-11-25(24-17)12-31-16-8-6-15(29-4)7-9-16/h6-11H,5,12H2,1-4H3,(H,23,27). The van der Waals surface area contributed by atoms with Crippen LogP contribution in [0.1, 0.15) is 49.9 Å². The number of ether oxygens (including phenoxy) is 3. The molecule has 0 bridgehead atoms. The SMILES string of the molecule is CCOC(=O)c1c(NC(=O)c2ccn(COc3ccc(OC)cc3)n2)sc(C(C)=O)c1C. The molecular weight excluding hydrogens is 434 g/mol. The minimum atomic E-state index is -0.595. The maximum atomic E-state index is 12.7. The summed E-state index contributed by atoms with van der Waals surface area (Å²) in [6.45, 7) is 5.02. The second kappa shape index (κ2) is 10.1. The molecule has 3 aromatic rings. The summed E-state index contributed by atoms with van der Waals surface area (Å²) in [6, 6.07) is 8.60. The van der Waals surface area contributed by atoms with E-state index in [1.165, 1.54) is 17.7 Å². The van der Waals surface area contributed by atoms with Crippen LogP contribution in [-0.4, -0.2) is 41.2 Å². The van der Waals surface area contributed by atoms with Crippen molar-refractivity contribution in [1.29, 1.82) is 0 Å². The van der Waals surface area contributed by atoms with Gasteiger partial charge in [-0.3, -0.25) is 9.59 Å². The first kappa shape index (κ1) is 23.0. The smallest absolute Gasteiger partial charge is 0.341 e. The van der Waals surface area contributed by atoms with Gasteiger partial charge in [-0.15, -0.1) is 11.3 Å². The molecule has 0 aliphatic rings. The van der Waals surface area contributed by atoms with Gasteiger partial charge in [-0.2, -0.15) is 5.10 Å². The van der Waals surface area contributed by atoms with Crippen molar-refractivity contribution in [2.45, 2.75) is 27.5 Å². The molecule has 0 saturated carbocycles. The van der Waals surface area contributed by atoms with Crippen LogP contribution in [0.4, 0.5) is 5.00 Å². The molecule has 1 aromatic carbocycles. The summed E-state index contributed by atoms with van der Waals surface area (Å²) in [6.07, 6.45) is 1.60. The molecule has 0 unspecified atom stereocenters. The number of amides is 1. The normalized spacial score (nSPS) is 10.5. The Kier molecular flexibility index (Phi) is 7.26. The Morgan fingerprint density at radius 2 is 1.81 bits per heavy atom. The van der Waals surface area contributed by atoms with Crippen molar-refractivity contribution in [2.75, 3.05) is 19.0 Å². The summed E-state index contributed by atoms with van der Waals surface area (Å²) in [7, 11) is 1.58. The summed E-state index contributed by atoms with van der Waals surface area (Å²) >= 11 is 1.04. The van der Waals surface area contributed by atoms with E-state index in [2.05, 4.69) is 10.4 Å². The van der Waals surface area contributed by atoms with E-state index < -0.39 is 11.9 Å². The third-order valence-corrected chi connectivity index (χ3v) is 5.78. The van der Waals surface area contributed by atoms with Gasteiger partial charge in [0.2, 0.25) is 0 Å². The highest BCUT2D eigenvalue weighted by Crippen LogP contribution is 2.34. The number of nitrogens with zero attached hydrogens (tertiary/aromatic N) is 2. The van der Waals surface area contributed by atoms with Crippen molar-refractivity contribution < 1.29 is 28.6 Å². The van der Waals surface area contributed by atoms with E-state index in [1.807, 2.05) is 0 Å². The Balaban J connectivity index is 1.72. The van der Waals surface area contributed by atoms with E-state index in [4.69, 9.17) is 14.2 Å². The Morgan fingerprint density at radius 3 is 2.44 bits per heavy atom. The van der Waals surface area contributed by atoms with Crippen LogP contribution in [0.5, 0.6) is 11.5 Å². The van der Waals surface area contributed by atoms with Gasteiger partial charge in [0.05, 0.1) is 24.2 Å². The molecule has 0 atom stereocenters. The van der Waals surface area contributed by atoms with Crippen molar-refractivity contribution in [3.63, 3.8) is 0 Å². The molecule has 0 fully saturated rings. The van der Waals surface area contributed by atoms with E-state index in [9.17, 15) is 14.4 Å². The number of hydrogen-bond donors (Lipinski definition) is 1. The molecule has 0 aliphatic heterocycles. The fourth-order valence-corrected chi connectivity index (χ4v) is 4.01. The van der Waals surface area contributed by atoms with Gasteiger partial charge in [-0.25, -0.2) is 9.48 Å². The fourth-order valence-electron chi connectivity index (χ4n) is 2.92. The Labute approximate surface area is 188 Å². The summed E-state index contributed by atoms with van der Waals surface area (Å²) in [5.41, 5.74) is 0.793. The summed E-state index contributed by atoms with van der Waals surface area (Å²) in [5, 5.41) is 7.13. The number of thiophene rings is 1. The lowest BCUT2D eigenvalue weighted by Gasteiger charge is -2.07. The summed E-state index contributed by atoms with van der Waals surface area (Å²) < 4.78 is 17.3. The molecule has 0 spiro atoms. The highest BCUT2D eigenvalue weighted by molar-refractivity contribution is 7.18. The number of rotatable bonds is 9. The first-order valence-corrected chi connectivity index (χ1v) is 10.6. The molecule has 10 heteroatoms. The number of methoxy groups -OCH3 is 1. The predicted molar refractivity (Wildman–Crippen MR) is 119 cm³/mol. The van der Waals surface area contributed by atoms with Crippen molar-refractivity contribution >= 4 is 34.0 Å². The number of aromatic nitrogens is 2. The number of benzene rings is 1. The zero-order valence-electron chi connectivity index (χ0n) is 18.1. The van der Waals surface area contributed by atoms with Crippen LogP contribution in [0.15, 0.2) is 36.5 Å². The maximum absolute atomic E-state index is 12.7. The molecule has 1 amide bonds. The number of hydrogen-bond acceptors (Lipinski definition) is 8. The van der Waals surface area contributed by atoms with Gasteiger partial charge in [0.1, 0.15) is 16.5 Å². The average Bonchev–Trinajstić information content (AvgIpc) is 3.37. The van der Waals surface area contributed by atoms with Gasteiger partial charge < -0.3 is 19.5 Å². The molecule has 3 rings (SSSR count). The molecule has 2 heterocycles. The van der Waals surface area contributed by atoms with E-state index in [-0.39, 0.29) is 35.4 Å². The van der Waals surface area contributed by atoms with Crippen molar-refractivity contribution in [3.05, 3.63) is 58.2 Å². The number of carbonyl (C=O) groups is 3. The van der Waals surface area contributed by atoms with Crippen LogP contribution in [0, 0.1) is 6.92 Å². The molecular formula is C22H23N3O6S. The van der Waals surface area contributed by atoms with E-state index in [0.717, 1.165) is 11.3 Å². The Bertz CT molecular complexity index is 1130. The second-order valence-electron chi connectivity index (χ2n) is 6.68. The molecule has 32 heavy (non-hydrogen) atoms. The van der Waals surface area contributed by atoms with Gasteiger partial charge >= 0.3 is 5.97 Å². The zero-order chi connectivity index (χ0) is 23.3. The monoisotopic (exact) mass is 457 g/mol. The molecule has 0 saturated heterocycles. The van der Waals surface area contributed by atoms with Crippen LogP contribution in [0.25, 0.3) is 0 Å². The Morgan fingerprint density at radius 1 is 1.12 bits per heavy atom. The van der Waals surface area contributed by atoms with Crippen molar-refractivity contribution in [3.8, 4) is 11.5 Å². The molecule has 9 nitrogen and oxygen atoms in total. The number of ketones is 1. The largest absolute Gasteiger partial charge is 0.497 e. The maximum Gasteiger partial charge on any atom is 0.341 e. The topological polar surface area (TPSA) is 109 Å². The molecule has 168 valence electrons. The van der Waals surface area contributed by atoms with Gasteiger partial charge in [-0.05, 0) is 56.7 Å². The Hall–Kier alpha value is -3.66. The third kappa shape index (κ3) is 5.14. The third-order valence-electron chi connectivity index (χ3n) is 4.47. The molecule has 0 aliphatic carbocycles. The van der Waals surface area contributed by atoms with E-state index in [1.54, 1.807) is 51.4 Å². The first-order valence-electron chi connectivity index (χ1n) is 9.77. The van der Waals surface area contributed by atoms with Crippen LogP contribution < -0.4 is 14.8 Å². The average molecular weight is 458 g/mol. The minimum absolute atomic E-state index is 0.0975. The number of anilines is 1. The van der Waals surface area contributed by atoms with Crippen LogP contribution in [-0.2, 0) is 11.5 Å². The first-order chi connectivity index (χ1) is 15.3. The van der Waals surface area contributed by atoms with Gasteiger partial charge in [-0.1, -0.05) is 0 Å². The number of esters is 1. The lowest BCUT2D eigenvalue weighted by molar-refractivity contribution is 0.0527. The summed E-state index contributed by atoms with van der Waals surface area (Å²) in [5.74, 6) is 0.0302. The lowest BCUT2D eigenvalue weighted by Crippen LogP contribution is -2.16. The zero-order valence-corrected chi connectivity index (χ0v) is 18.9. The second-order valence-corrected chi connectivity index (χ2v) is 7.70. The molecule has 2 aromatic heterocycles. The number of Topliss-reactive ketones (excluding diaryl/α,β-unsaturated/α-hetero) is 1. The quantitative estimate of drug-likeness (QED) is 0.383. The van der Waals surface area contributed by atoms with Gasteiger partial charge in [0.15, 0.2) is 18.2 Å². The fraction of sp³-hybridized carbons (Fsp3) is 0.273. The van der Waals surface area contributed by atoms with Gasteiger partial charge in [0, 0.05) is 6.20 Å². The predicted octanol–water partition coefficient (Wildman–Crippen LogP) is 3.93.